The van der Waals surface area contributed by atoms with Crippen molar-refractivity contribution in [1.29, 1.82) is 0 Å². The van der Waals surface area contributed by atoms with Gasteiger partial charge in [-0.15, -0.1) is 0 Å². The highest BCUT2D eigenvalue weighted by molar-refractivity contribution is 5.27. The molecule has 1 fully saturated rings. The maximum atomic E-state index is 13.3. The van der Waals surface area contributed by atoms with Crippen LogP contribution in [-0.4, -0.2) is 6.54 Å². The van der Waals surface area contributed by atoms with E-state index in [0.717, 1.165) is 37.4 Å². The number of rotatable bonds is 3. The van der Waals surface area contributed by atoms with Crippen molar-refractivity contribution in [3.8, 4) is 0 Å². The first-order valence-corrected chi connectivity index (χ1v) is 6.23. The smallest absolute Gasteiger partial charge is 0.126 e. The van der Waals surface area contributed by atoms with Gasteiger partial charge in [0, 0.05) is 11.6 Å². The van der Waals surface area contributed by atoms with Crippen LogP contribution < -0.4 is 5.32 Å². The van der Waals surface area contributed by atoms with E-state index >= 15 is 0 Å². The van der Waals surface area contributed by atoms with E-state index in [-0.39, 0.29) is 5.54 Å². The van der Waals surface area contributed by atoms with Gasteiger partial charge >= 0.3 is 0 Å². The van der Waals surface area contributed by atoms with E-state index in [4.69, 9.17) is 0 Å². The zero-order valence-electron chi connectivity index (χ0n) is 10.4. The fourth-order valence-electron chi connectivity index (χ4n) is 2.87. The summed E-state index contributed by atoms with van der Waals surface area (Å²) in [4.78, 5) is 0. The molecule has 1 aromatic rings. The Labute approximate surface area is 101 Å². The van der Waals surface area contributed by atoms with Crippen LogP contribution in [0.15, 0.2) is 18.2 Å². The molecule has 1 atom stereocenters. The predicted octanol–water partition coefficient (Wildman–Crippen LogP) is 3.59. The van der Waals surface area contributed by atoms with Gasteiger partial charge in [0.1, 0.15) is 11.6 Å². The standard InChI is InChI=1S/C14H19F2N/c1-10(2)9-14(4-3-5-17-14)11-6-12(15)8-13(16)7-11/h6-8,10,17H,3-5,9H2,1-2H3. The lowest BCUT2D eigenvalue weighted by Crippen LogP contribution is -2.38. The lowest BCUT2D eigenvalue weighted by atomic mass is 9.81. The number of hydrogen-bond acceptors (Lipinski definition) is 1. The molecule has 1 saturated heterocycles. The third-order valence-electron chi connectivity index (χ3n) is 3.42. The third-order valence-corrected chi connectivity index (χ3v) is 3.42. The van der Waals surface area contributed by atoms with E-state index in [9.17, 15) is 8.78 Å². The molecule has 0 saturated carbocycles. The van der Waals surface area contributed by atoms with Crippen molar-refractivity contribution >= 4 is 0 Å². The lowest BCUT2D eigenvalue weighted by Gasteiger charge is -2.32. The molecule has 1 N–H and O–H groups in total. The Kier molecular flexibility index (Phi) is 3.48. The molecule has 1 heterocycles. The van der Waals surface area contributed by atoms with Crippen LogP contribution in [0.1, 0.15) is 38.7 Å². The average molecular weight is 239 g/mol. The Morgan fingerprint density at radius 3 is 2.35 bits per heavy atom. The van der Waals surface area contributed by atoms with Crippen molar-refractivity contribution in [2.45, 2.75) is 38.6 Å². The van der Waals surface area contributed by atoms with Gasteiger partial charge in [-0.1, -0.05) is 13.8 Å². The van der Waals surface area contributed by atoms with Crippen LogP contribution in [0.5, 0.6) is 0 Å². The summed E-state index contributed by atoms with van der Waals surface area (Å²) in [7, 11) is 0. The second-order valence-corrected chi connectivity index (χ2v) is 5.37. The normalized spacial score (nSPS) is 24.5. The van der Waals surface area contributed by atoms with Gasteiger partial charge in [-0.25, -0.2) is 8.78 Å². The van der Waals surface area contributed by atoms with Crippen LogP contribution in [0.3, 0.4) is 0 Å². The Balaban J connectivity index is 2.38. The first-order chi connectivity index (χ1) is 8.02. The van der Waals surface area contributed by atoms with Gasteiger partial charge in [0.15, 0.2) is 0 Å². The molecule has 17 heavy (non-hydrogen) atoms. The van der Waals surface area contributed by atoms with Crippen molar-refractivity contribution in [1.82, 2.24) is 5.32 Å². The summed E-state index contributed by atoms with van der Waals surface area (Å²) in [5.74, 6) is -0.486. The van der Waals surface area contributed by atoms with E-state index in [1.165, 1.54) is 12.1 Å². The third kappa shape index (κ3) is 2.65. The summed E-state index contributed by atoms with van der Waals surface area (Å²) in [6, 6.07) is 3.86. The van der Waals surface area contributed by atoms with Crippen LogP contribution in [0.2, 0.25) is 0 Å². The molecular weight excluding hydrogens is 220 g/mol. The zero-order valence-corrected chi connectivity index (χ0v) is 10.4. The van der Waals surface area contributed by atoms with Crippen molar-refractivity contribution < 1.29 is 8.78 Å². The minimum Gasteiger partial charge on any atom is -0.307 e. The lowest BCUT2D eigenvalue weighted by molar-refractivity contribution is 0.308. The highest BCUT2D eigenvalue weighted by atomic mass is 19.1. The molecule has 1 nitrogen and oxygen atoms in total. The van der Waals surface area contributed by atoms with E-state index in [0.29, 0.717) is 5.92 Å². The van der Waals surface area contributed by atoms with Gasteiger partial charge in [-0.3, -0.25) is 0 Å². The summed E-state index contributed by atoms with van der Waals surface area (Å²) in [5, 5.41) is 3.44. The summed E-state index contributed by atoms with van der Waals surface area (Å²) >= 11 is 0. The SMILES string of the molecule is CC(C)CC1(c2cc(F)cc(F)c2)CCCN1. The largest absolute Gasteiger partial charge is 0.307 e. The van der Waals surface area contributed by atoms with Gasteiger partial charge in [-0.05, 0) is 49.4 Å². The molecule has 1 aliphatic rings. The van der Waals surface area contributed by atoms with Gasteiger partial charge < -0.3 is 5.32 Å². The summed E-state index contributed by atoms with van der Waals surface area (Å²) in [6.45, 7) is 5.19. The molecule has 0 amide bonds. The average Bonchev–Trinajstić information content (AvgIpc) is 2.65. The highest BCUT2D eigenvalue weighted by Crippen LogP contribution is 2.37. The molecule has 0 aliphatic carbocycles. The quantitative estimate of drug-likeness (QED) is 0.850. The monoisotopic (exact) mass is 239 g/mol. The molecule has 1 aromatic carbocycles. The second-order valence-electron chi connectivity index (χ2n) is 5.37. The summed E-state index contributed by atoms with van der Waals surface area (Å²) in [6.07, 6.45) is 2.93. The Morgan fingerprint density at radius 1 is 1.24 bits per heavy atom. The fraction of sp³-hybridized carbons (Fsp3) is 0.571. The first-order valence-electron chi connectivity index (χ1n) is 6.23. The van der Waals surface area contributed by atoms with E-state index in [1.54, 1.807) is 0 Å². The van der Waals surface area contributed by atoms with Crippen molar-refractivity contribution in [3.05, 3.63) is 35.4 Å². The van der Waals surface area contributed by atoms with E-state index in [2.05, 4.69) is 19.2 Å². The second kappa shape index (κ2) is 4.73. The molecule has 0 aromatic heterocycles. The maximum absolute atomic E-state index is 13.3. The van der Waals surface area contributed by atoms with Crippen molar-refractivity contribution in [2.24, 2.45) is 5.92 Å². The van der Waals surface area contributed by atoms with Gasteiger partial charge in [-0.2, -0.15) is 0 Å². The Morgan fingerprint density at radius 2 is 1.88 bits per heavy atom. The number of benzene rings is 1. The van der Waals surface area contributed by atoms with Gasteiger partial charge in [0.2, 0.25) is 0 Å². The van der Waals surface area contributed by atoms with Crippen LogP contribution in [0, 0.1) is 17.6 Å². The topological polar surface area (TPSA) is 12.0 Å². The summed E-state index contributed by atoms with van der Waals surface area (Å²) < 4.78 is 26.6. The van der Waals surface area contributed by atoms with E-state index in [1.807, 2.05) is 0 Å². The Hall–Kier alpha value is -0.960. The molecule has 0 radical (unpaired) electrons. The highest BCUT2D eigenvalue weighted by Gasteiger charge is 2.36. The predicted molar refractivity (Wildman–Crippen MR) is 64.7 cm³/mol. The van der Waals surface area contributed by atoms with Crippen molar-refractivity contribution in [2.75, 3.05) is 6.54 Å². The summed E-state index contributed by atoms with van der Waals surface area (Å²) in [5.41, 5.74) is 0.512. The maximum Gasteiger partial charge on any atom is 0.126 e. The molecule has 1 unspecified atom stereocenters. The molecule has 3 heteroatoms. The molecule has 0 spiro atoms. The number of nitrogens with one attached hydrogen (secondary N) is 1. The zero-order chi connectivity index (χ0) is 12.5. The van der Waals surface area contributed by atoms with Crippen LogP contribution in [0.4, 0.5) is 8.78 Å². The van der Waals surface area contributed by atoms with Gasteiger partial charge in [0.05, 0.1) is 0 Å². The van der Waals surface area contributed by atoms with E-state index < -0.39 is 11.6 Å². The van der Waals surface area contributed by atoms with Crippen LogP contribution >= 0.6 is 0 Å². The molecule has 0 bridgehead atoms. The molecule has 94 valence electrons. The minimum atomic E-state index is -0.489. The molecule has 1 aliphatic heterocycles. The molecular formula is C14H19F2N. The first kappa shape index (κ1) is 12.5. The number of hydrogen-bond donors (Lipinski definition) is 1. The van der Waals surface area contributed by atoms with Crippen LogP contribution in [-0.2, 0) is 5.54 Å². The number of halogens is 2. The Bertz CT molecular complexity index is 375. The van der Waals surface area contributed by atoms with Crippen molar-refractivity contribution in [3.63, 3.8) is 0 Å². The molecule has 2 rings (SSSR count). The fourth-order valence-corrected chi connectivity index (χ4v) is 2.87. The van der Waals surface area contributed by atoms with Crippen LogP contribution in [0.25, 0.3) is 0 Å². The van der Waals surface area contributed by atoms with Gasteiger partial charge in [0.25, 0.3) is 0 Å². The minimum absolute atomic E-state index is 0.239.